The number of amides is 4. The molecule has 10 heteroatoms. The zero-order chi connectivity index (χ0) is 24.1. The smallest absolute Gasteiger partial charge is 0.321 e. The Morgan fingerprint density at radius 2 is 1.76 bits per heavy atom. The third-order valence-electron chi connectivity index (χ3n) is 4.90. The highest BCUT2D eigenvalue weighted by molar-refractivity contribution is 7.19. The Kier molecular flexibility index (Phi) is 6.84. The lowest BCUT2D eigenvalue weighted by Gasteiger charge is -2.20. The predicted octanol–water partition coefficient (Wildman–Crippen LogP) is 3.32. The van der Waals surface area contributed by atoms with Crippen LogP contribution in [0.3, 0.4) is 0 Å². The van der Waals surface area contributed by atoms with Crippen LogP contribution in [0.2, 0.25) is 0 Å². The fourth-order valence-corrected chi connectivity index (χ4v) is 4.56. The van der Waals surface area contributed by atoms with Gasteiger partial charge in [-0.05, 0) is 51.3 Å². The van der Waals surface area contributed by atoms with Crippen molar-refractivity contribution in [3.05, 3.63) is 47.8 Å². The molecule has 9 nitrogen and oxygen atoms in total. The van der Waals surface area contributed by atoms with Gasteiger partial charge in [0.05, 0.1) is 41.2 Å². The van der Waals surface area contributed by atoms with Crippen LogP contribution in [0, 0.1) is 11.8 Å². The number of fused-ring (bicyclic) bond motifs is 3. The Hall–Kier alpha value is -3.84. The molecular weight excluding hydrogens is 450 g/mol. The van der Waals surface area contributed by atoms with Crippen molar-refractivity contribution in [2.45, 2.75) is 39.2 Å². The number of nitrogens with zero attached hydrogens (tertiary/aromatic N) is 3. The minimum Gasteiger partial charge on any atom is -0.334 e. The second-order valence-corrected chi connectivity index (χ2v) is 9.78. The van der Waals surface area contributed by atoms with Crippen molar-refractivity contribution in [2.24, 2.45) is 0 Å². The Morgan fingerprint density at radius 1 is 1.06 bits per heavy atom. The van der Waals surface area contributed by atoms with Gasteiger partial charge in [0.15, 0.2) is 5.13 Å². The summed E-state index contributed by atoms with van der Waals surface area (Å²) in [5.74, 6) is 5.62. The van der Waals surface area contributed by atoms with Gasteiger partial charge in [-0.25, -0.2) is 19.3 Å². The SMILES string of the molecule is CC(C)(C)NC(=O)NCC#CCNC(=O)Nc1nc2c(s1)-c1c(cnn1-c1ccccc1)CC2. The molecule has 4 rings (SSSR count). The van der Waals surface area contributed by atoms with Crippen molar-refractivity contribution in [1.82, 2.24) is 30.7 Å². The molecule has 0 atom stereocenters. The van der Waals surface area contributed by atoms with E-state index in [1.165, 1.54) is 16.9 Å². The van der Waals surface area contributed by atoms with Gasteiger partial charge in [-0.3, -0.25) is 5.32 Å². The molecule has 176 valence electrons. The lowest BCUT2D eigenvalue weighted by molar-refractivity contribution is 0.233. The molecule has 0 radical (unpaired) electrons. The highest BCUT2D eigenvalue weighted by Gasteiger charge is 2.26. The Balaban J connectivity index is 1.32. The quantitative estimate of drug-likeness (QED) is 0.432. The molecule has 0 aliphatic heterocycles. The van der Waals surface area contributed by atoms with Crippen LogP contribution >= 0.6 is 11.3 Å². The highest BCUT2D eigenvalue weighted by Crippen LogP contribution is 2.40. The fourth-order valence-electron chi connectivity index (χ4n) is 3.49. The lowest BCUT2D eigenvalue weighted by Crippen LogP contribution is -2.46. The van der Waals surface area contributed by atoms with Gasteiger partial charge in [0, 0.05) is 5.54 Å². The minimum atomic E-state index is -0.379. The standard InChI is InChI=1S/C24H27N7O2S/c1-24(2,3)30-22(33)26-14-8-7-13-25-21(32)29-23-28-18-12-11-16-15-27-31(19(16)20(18)34-23)17-9-5-4-6-10-17/h4-6,9-10,15H,11-14H2,1-3H3,(H2,26,30,33)(H2,25,28,29,32). The summed E-state index contributed by atoms with van der Waals surface area (Å²) in [5.41, 5.74) is 3.85. The zero-order valence-corrected chi connectivity index (χ0v) is 20.2. The molecule has 4 amide bonds. The van der Waals surface area contributed by atoms with Gasteiger partial charge < -0.3 is 16.0 Å². The van der Waals surface area contributed by atoms with Gasteiger partial charge in [0.1, 0.15) is 0 Å². The monoisotopic (exact) mass is 477 g/mol. The second kappa shape index (κ2) is 9.97. The number of rotatable bonds is 4. The van der Waals surface area contributed by atoms with E-state index in [1.807, 2.05) is 62.0 Å². The number of urea groups is 2. The van der Waals surface area contributed by atoms with Crippen molar-refractivity contribution in [1.29, 1.82) is 0 Å². The third kappa shape index (κ3) is 5.74. The van der Waals surface area contributed by atoms with Crippen LogP contribution < -0.4 is 21.3 Å². The van der Waals surface area contributed by atoms with E-state index in [-0.39, 0.29) is 30.7 Å². The molecule has 2 aromatic heterocycles. The predicted molar refractivity (Wildman–Crippen MR) is 133 cm³/mol. The van der Waals surface area contributed by atoms with Crippen molar-refractivity contribution in [3.63, 3.8) is 0 Å². The largest absolute Gasteiger partial charge is 0.334 e. The minimum absolute atomic E-state index is 0.157. The van der Waals surface area contributed by atoms with Crippen molar-refractivity contribution >= 4 is 28.5 Å². The number of carbonyl (C=O) groups is 2. The van der Waals surface area contributed by atoms with Crippen molar-refractivity contribution < 1.29 is 9.59 Å². The first-order valence-corrected chi connectivity index (χ1v) is 11.8. The number of carbonyl (C=O) groups excluding carboxylic acids is 2. The van der Waals surface area contributed by atoms with Crippen molar-refractivity contribution in [2.75, 3.05) is 18.4 Å². The molecule has 0 spiro atoms. The van der Waals surface area contributed by atoms with Crippen LogP contribution in [0.5, 0.6) is 0 Å². The first kappa shape index (κ1) is 23.3. The molecule has 0 unspecified atom stereocenters. The normalized spacial score (nSPS) is 12.0. The average molecular weight is 478 g/mol. The Labute approximate surface area is 202 Å². The lowest BCUT2D eigenvalue weighted by atomic mass is 10.0. The molecule has 1 aliphatic carbocycles. The molecule has 3 aromatic rings. The molecule has 34 heavy (non-hydrogen) atoms. The van der Waals surface area contributed by atoms with Gasteiger partial charge in [-0.15, -0.1) is 0 Å². The first-order chi connectivity index (χ1) is 16.3. The summed E-state index contributed by atoms with van der Waals surface area (Å²) in [7, 11) is 0. The molecule has 0 saturated carbocycles. The van der Waals surface area contributed by atoms with E-state index < -0.39 is 0 Å². The molecule has 0 bridgehead atoms. The van der Waals surface area contributed by atoms with Crippen molar-refractivity contribution in [3.8, 4) is 28.1 Å². The van der Waals surface area contributed by atoms with E-state index >= 15 is 0 Å². The van der Waals surface area contributed by atoms with Crippen LogP contribution in [0.15, 0.2) is 36.5 Å². The van der Waals surface area contributed by atoms with E-state index in [2.05, 4.69) is 43.2 Å². The summed E-state index contributed by atoms with van der Waals surface area (Å²) in [5, 5.41) is 16.0. The van der Waals surface area contributed by atoms with E-state index in [0.717, 1.165) is 34.8 Å². The summed E-state index contributed by atoms with van der Waals surface area (Å²) < 4.78 is 1.93. The fraction of sp³-hybridized carbons (Fsp3) is 0.333. The molecule has 2 heterocycles. The van der Waals surface area contributed by atoms with Crippen LogP contribution in [-0.2, 0) is 12.8 Å². The van der Waals surface area contributed by atoms with Crippen LogP contribution in [0.4, 0.5) is 14.7 Å². The molecule has 4 N–H and O–H groups in total. The Bertz CT molecular complexity index is 1250. The molecule has 1 aromatic carbocycles. The van der Waals surface area contributed by atoms with E-state index in [0.29, 0.717) is 5.13 Å². The van der Waals surface area contributed by atoms with E-state index in [4.69, 9.17) is 0 Å². The number of anilines is 1. The van der Waals surface area contributed by atoms with E-state index in [9.17, 15) is 9.59 Å². The number of thiazole rings is 1. The van der Waals surface area contributed by atoms with Gasteiger partial charge in [0.2, 0.25) is 0 Å². The van der Waals surface area contributed by atoms with Gasteiger partial charge in [0.25, 0.3) is 0 Å². The summed E-state index contributed by atoms with van der Waals surface area (Å²) in [6.45, 7) is 6.05. The molecule has 0 saturated heterocycles. The van der Waals surface area contributed by atoms with Gasteiger partial charge >= 0.3 is 12.1 Å². The molecule has 1 aliphatic rings. The summed E-state index contributed by atoms with van der Waals surface area (Å²) in [6, 6.07) is 9.31. The molecule has 0 fully saturated rings. The summed E-state index contributed by atoms with van der Waals surface area (Å²) >= 11 is 1.44. The third-order valence-corrected chi connectivity index (χ3v) is 5.92. The van der Waals surface area contributed by atoms with Crippen LogP contribution in [-0.4, -0.2) is 45.5 Å². The van der Waals surface area contributed by atoms with Crippen LogP contribution in [0.25, 0.3) is 16.3 Å². The van der Waals surface area contributed by atoms with Gasteiger partial charge in [-0.1, -0.05) is 41.4 Å². The average Bonchev–Trinajstić information content (AvgIpc) is 3.39. The number of hydrogen-bond donors (Lipinski definition) is 4. The number of hydrogen-bond acceptors (Lipinski definition) is 5. The van der Waals surface area contributed by atoms with E-state index in [1.54, 1.807) is 0 Å². The maximum atomic E-state index is 12.3. The number of benzene rings is 1. The first-order valence-electron chi connectivity index (χ1n) is 11.0. The number of para-hydroxylation sites is 1. The second-order valence-electron chi connectivity index (χ2n) is 8.78. The summed E-state index contributed by atoms with van der Waals surface area (Å²) in [6.07, 6.45) is 3.58. The number of nitrogens with one attached hydrogen (secondary N) is 4. The maximum Gasteiger partial charge on any atom is 0.321 e. The van der Waals surface area contributed by atoms with Gasteiger partial charge in [-0.2, -0.15) is 5.10 Å². The number of aryl methyl sites for hydroxylation is 2. The summed E-state index contributed by atoms with van der Waals surface area (Å²) in [4.78, 5) is 29.6. The highest BCUT2D eigenvalue weighted by atomic mass is 32.1. The zero-order valence-electron chi connectivity index (χ0n) is 19.4. The topological polar surface area (TPSA) is 113 Å². The number of aromatic nitrogens is 3. The Morgan fingerprint density at radius 3 is 2.47 bits per heavy atom. The maximum absolute atomic E-state index is 12.3. The van der Waals surface area contributed by atoms with Crippen LogP contribution in [0.1, 0.15) is 32.0 Å². The molecular formula is C24H27N7O2S.